The topological polar surface area (TPSA) is 154 Å². The normalized spacial score (nSPS) is 12.2. The van der Waals surface area contributed by atoms with Gasteiger partial charge in [0.15, 0.2) is 0 Å². The van der Waals surface area contributed by atoms with Gasteiger partial charge in [0.25, 0.3) is 5.91 Å². The smallest absolute Gasteiger partial charge is 0.312 e. The number of esters is 2. The molecular formula is C19H25N3O7. The van der Waals surface area contributed by atoms with E-state index in [0.29, 0.717) is 5.56 Å². The van der Waals surface area contributed by atoms with Crippen LogP contribution in [-0.2, 0) is 28.7 Å². The Morgan fingerprint density at radius 2 is 1.62 bits per heavy atom. The van der Waals surface area contributed by atoms with Crippen molar-refractivity contribution in [1.82, 2.24) is 10.6 Å². The van der Waals surface area contributed by atoms with E-state index in [0.717, 1.165) is 0 Å². The van der Waals surface area contributed by atoms with Crippen molar-refractivity contribution in [3.05, 3.63) is 35.9 Å². The first kappa shape index (κ1) is 23.6. The van der Waals surface area contributed by atoms with Crippen LogP contribution in [0.2, 0.25) is 0 Å². The van der Waals surface area contributed by atoms with Crippen LogP contribution >= 0.6 is 0 Å². The zero-order valence-electron chi connectivity index (χ0n) is 16.3. The SMILES string of the molecule is CCOC(=O)C[C@@H](C(=O)OCC)[C@@H](NC(=O)CNC(=O)c1ccccc1)C(N)=O. The predicted molar refractivity (Wildman–Crippen MR) is 101 cm³/mol. The fraction of sp³-hybridized carbons (Fsp3) is 0.421. The lowest BCUT2D eigenvalue weighted by Crippen LogP contribution is -2.54. The number of carbonyl (C=O) groups is 5. The van der Waals surface area contributed by atoms with E-state index >= 15 is 0 Å². The number of amides is 3. The number of hydrogen-bond donors (Lipinski definition) is 3. The lowest BCUT2D eigenvalue weighted by Gasteiger charge is -2.23. The Balaban J connectivity index is 2.81. The van der Waals surface area contributed by atoms with Crippen molar-refractivity contribution >= 4 is 29.7 Å². The maximum absolute atomic E-state index is 12.2. The van der Waals surface area contributed by atoms with Gasteiger partial charge in [-0.25, -0.2) is 0 Å². The molecule has 0 aliphatic heterocycles. The number of carbonyl (C=O) groups excluding carboxylic acids is 5. The van der Waals surface area contributed by atoms with Crippen LogP contribution in [0.15, 0.2) is 30.3 Å². The highest BCUT2D eigenvalue weighted by atomic mass is 16.5. The average Bonchev–Trinajstić information content (AvgIpc) is 2.69. The van der Waals surface area contributed by atoms with E-state index in [1.165, 1.54) is 0 Å². The molecule has 0 bridgehead atoms. The van der Waals surface area contributed by atoms with Gasteiger partial charge in [0.1, 0.15) is 6.04 Å². The molecule has 1 rings (SSSR count). The molecule has 10 nitrogen and oxygen atoms in total. The van der Waals surface area contributed by atoms with Crippen molar-refractivity contribution in [3.8, 4) is 0 Å². The summed E-state index contributed by atoms with van der Waals surface area (Å²) < 4.78 is 9.67. The van der Waals surface area contributed by atoms with Crippen LogP contribution in [0.5, 0.6) is 0 Å². The molecule has 0 spiro atoms. The second-order valence-corrected chi connectivity index (χ2v) is 5.86. The van der Waals surface area contributed by atoms with Crippen molar-refractivity contribution in [2.75, 3.05) is 19.8 Å². The molecule has 3 amide bonds. The summed E-state index contributed by atoms with van der Waals surface area (Å²) in [5, 5.41) is 4.66. The van der Waals surface area contributed by atoms with Crippen LogP contribution in [0.3, 0.4) is 0 Å². The summed E-state index contributed by atoms with van der Waals surface area (Å²) in [4.78, 5) is 60.0. The highest BCUT2D eigenvalue weighted by Gasteiger charge is 2.37. The molecule has 2 atom stereocenters. The molecule has 1 aromatic carbocycles. The molecule has 0 heterocycles. The number of rotatable bonds is 11. The Morgan fingerprint density at radius 3 is 2.17 bits per heavy atom. The van der Waals surface area contributed by atoms with E-state index < -0.39 is 54.6 Å². The van der Waals surface area contributed by atoms with Gasteiger partial charge in [0.2, 0.25) is 11.8 Å². The molecule has 4 N–H and O–H groups in total. The summed E-state index contributed by atoms with van der Waals surface area (Å²) in [6.07, 6.45) is -0.503. The van der Waals surface area contributed by atoms with E-state index in [-0.39, 0.29) is 13.2 Å². The third kappa shape index (κ3) is 7.99. The fourth-order valence-corrected chi connectivity index (χ4v) is 2.43. The van der Waals surface area contributed by atoms with E-state index in [1.807, 2.05) is 0 Å². The molecule has 10 heteroatoms. The predicted octanol–water partition coefficient (Wildman–Crippen LogP) is -0.481. The highest BCUT2D eigenvalue weighted by molar-refractivity contribution is 5.97. The molecule has 0 radical (unpaired) electrons. The monoisotopic (exact) mass is 407 g/mol. The van der Waals surface area contributed by atoms with Crippen LogP contribution in [0.4, 0.5) is 0 Å². The maximum atomic E-state index is 12.2. The zero-order chi connectivity index (χ0) is 21.8. The summed E-state index contributed by atoms with van der Waals surface area (Å²) in [6, 6.07) is 6.68. The third-order valence-corrected chi connectivity index (χ3v) is 3.75. The largest absolute Gasteiger partial charge is 0.466 e. The fourth-order valence-electron chi connectivity index (χ4n) is 2.43. The minimum absolute atomic E-state index is 0.00468. The summed E-state index contributed by atoms with van der Waals surface area (Å²) in [7, 11) is 0. The van der Waals surface area contributed by atoms with Gasteiger partial charge in [0, 0.05) is 5.56 Å². The van der Waals surface area contributed by atoms with Crippen molar-refractivity contribution in [3.63, 3.8) is 0 Å². The second kappa shape index (κ2) is 12.1. The second-order valence-electron chi connectivity index (χ2n) is 5.86. The Labute approximate surface area is 168 Å². The van der Waals surface area contributed by atoms with Gasteiger partial charge in [-0.15, -0.1) is 0 Å². The zero-order valence-corrected chi connectivity index (χ0v) is 16.3. The lowest BCUT2D eigenvalue weighted by atomic mass is 9.95. The number of ether oxygens (including phenoxy) is 2. The highest BCUT2D eigenvalue weighted by Crippen LogP contribution is 2.13. The van der Waals surface area contributed by atoms with E-state index in [1.54, 1.807) is 44.2 Å². The Bertz CT molecular complexity index is 737. The Hall–Kier alpha value is -3.43. The van der Waals surface area contributed by atoms with Crippen molar-refractivity contribution in [2.45, 2.75) is 26.3 Å². The molecule has 0 unspecified atom stereocenters. The van der Waals surface area contributed by atoms with Crippen LogP contribution in [0, 0.1) is 5.92 Å². The molecule has 158 valence electrons. The summed E-state index contributed by atoms with van der Waals surface area (Å²) >= 11 is 0. The van der Waals surface area contributed by atoms with Gasteiger partial charge < -0.3 is 25.8 Å². The molecule has 0 saturated carbocycles. The van der Waals surface area contributed by atoms with Crippen LogP contribution in [0.1, 0.15) is 30.6 Å². The summed E-state index contributed by atoms with van der Waals surface area (Å²) in [5.74, 6) is -5.28. The number of nitrogens with two attached hydrogens (primary N) is 1. The Kier molecular flexibility index (Phi) is 9.86. The first-order valence-electron chi connectivity index (χ1n) is 9.04. The molecule has 0 aliphatic carbocycles. The van der Waals surface area contributed by atoms with E-state index in [9.17, 15) is 24.0 Å². The van der Waals surface area contributed by atoms with Crippen molar-refractivity contribution in [2.24, 2.45) is 11.7 Å². The molecule has 0 aliphatic rings. The number of hydrogen-bond acceptors (Lipinski definition) is 7. The molecule has 0 aromatic heterocycles. The number of nitrogens with one attached hydrogen (secondary N) is 2. The average molecular weight is 407 g/mol. The van der Waals surface area contributed by atoms with Gasteiger partial charge in [-0.2, -0.15) is 0 Å². The quantitative estimate of drug-likeness (QED) is 0.419. The van der Waals surface area contributed by atoms with Gasteiger partial charge in [-0.3, -0.25) is 24.0 Å². The van der Waals surface area contributed by atoms with Gasteiger partial charge >= 0.3 is 11.9 Å². The standard InChI is InChI=1S/C19H25N3O7/c1-3-28-15(24)10-13(19(27)29-4-2)16(17(20)25)22-14(23)11-21-18(26)12-8-6-5-7-9-12/h5-9,13,16H,3-4,10-11H2,1-2H3,(H2,20,25)(H,21,26)(H,22,23)/t13-,16-/m1/s1. The molecule has 29 heavy (non-hydrogen) atoms. The van der Waals surface area contributed by atoms with Gasteiger partial charge in [-0.05, 0) is 26.0 Å². The van der Waals surface area contributed by atoms with E-state index in [4.69, 9.17) is 15.2 Å². The summed E-state index contributed by atoms with van der Waals surface area (Å²) in [6.45, 7) is 2.75. The minimum atomic E-state index is -1.51. The van der Waals surface area contributed by atoms with E-state index in [2.05, 4.69) is 10.6 Å². The van der Waals surface area contributed by atoms with Crippen molar-refractivity contribution in [1.29, 1.82) is 0 Å². The first-order valence-corrected chi connectivity index (χ1v) is 9.04. The van der Waals surface area contributed by atoms with Crippen LogP contribution in [0.25, 0.3) is 0 Å². The minimum Gasteiger partial charge on any atom is -0.466 e. The van der Waals surface area contributed by atoms with Crippen LogP contribution < -0.4 is 16.4 Å². The maximum Gasteiger partial charge on any atom is 0.312 e. The molecule has 0 saturated heterocycles. The number of primary amides is 1. The molecule has 1 aromatic rings. The summed E-state index contributed by atoms with van der Waals surface area (Å²) in [5.41, 5.74) is 5.66. The Morgan fingerprint density at radius 1 is 1.00 bits per heavy atom. The molecule has 0 fully saturated rings. The van der Waals surface area contributed by atoms with Gasteiger partial charge in [-0.1, -0.05) is 18.2 Å². The third-order valence-electron chi connectivity index (χ3n) is 3.75. The number of benzene rings is 1. The van der Waals surface area contributed by atoms with Crippen molar-refractivity contribution < 1.29 is 33.4 Å². The van der Waals surface area contributed by atoms with Gasteiger partial charge in [0.05, 0.1) is 32.1 Å². The first-order chi connectivity index (χ1) is 13.8. The lowest BCUT2D eigenvalue weighted by molar-refractivity contribution is -0.157. The molecular weight excluding hydrogens is 382 g/mol. The van der Waals surface area contributed by atoms with Crippen LogP contribution in [-0.4, -0.2) is 55.5 Å².